The number of alkyl halides is 1. The lowest BCUT2D eigenvalue weighted by molar-refractivity contribution is -0.134. The van der Waals surface area contributed by atoms with Crippen LogP contribution in [-0.4, -0.2) is 72.4 Å². The topological polar surface area (TPSA) is 93.8 Å². The van der Waals surface area contributed by atoms with E-state index in [2.05, 4.69) is 20.9 Å². The van der Waals surface area contributed by atoms with Gasteiger partial charge in [-0.1, -0.05) is 18.0 Å². The maximum atomic E-state index is 12.9. The number of fused-ring (bicyclic) bond motifs is 1. The molecule has 5 rings (SSSR count). The number of hydrogen-bond donors (Lipinski definition) is 3. The van der Waals surface area contributed by atoms with Crippen LogP contribution in [0.25, 0.3) is 0 Å². The molecule has 0 spiro atoms. The van der Waals surface area contributed by atoms with Gasteiger partial charge in [0, 0.05) is 55.6 Å². The molecular formula is C25H33Cl2N5O3. The van der Waals surface area contributed by atoms with Gasteiger partial charge in [0.05, 0.1) is 22.8 Å². The summed E-state index contributed by atoms with van der Waals surface area (Å²) in [5.41, 5.74) is 1.46. The van der Waals surface area contributed by atoms with Crippen molar-refractivity contribution in [3.8, 4) is 0 Å². The number of nitrogens with zero attached hydrogens (tertiary/aromatic N) is 2. The summed E-state index contributed by atoms with van der Waals surface area (Å²) in [6.07, 6.45) is 5.54. The Kier molecular flexibility index (Phi) is 7.42. The van der Waals surface area contributed by atoms with Crippen molar-refractivity contribution in [3.63, 3.8) is 0 Å². The van der Waals surface area contributed by atoms with Crippen molar-refractivity contribution in [3.05, 3.63) is 28.8 Å². The van der Waals surface area contributed by atoms with Crippen molar-refractivity contribution < 1.29 is 14.4 Å². The third-order valence-electron chi connectivity index (χ3n) is 7.61. The molecule has 1 aromatic rings. The fourth-order valence-electron chi connectivity index (χ4n) is 5.39. The van der Waals surface area contributed by atoms with Crippen LogP contribution >= 0.6 is 23.2 Å². The van der Waals surface area contributed by atoms with Crippen LogP contribution < -0.4 is 20.9 Å². The maximum absolute atomic E-state index is 12.9. The maximum Gasteiger partial charge on any atom is 0.251 e. The van der Waals surface area contributed by atoms with E-state index in [-0.39, 0.29) is 41.2 Å². The molecule has 4 aliphatic rings. The number of rotatable bonds is 6. The summed E-state index contributed by atoms with van der Waals surface area (Å²) < 4.78 is 0. The predicted molar refractivity (Wildman–Crippen MR) is 136 cm³/mol. The molecule has 35 heavy (non-hydrogen) atoms. The molecule has 8 nitrogen and oxygen atoms in total. The first kappa shape index (κ1) is 24.7. The minimum absolute atomic E-state index is 0.0151. The second-order valence-corrected chi connectivity index (χ2v) is 11.1. The number of carbonyl (C=O) groups is 3. The summed E-state index contributed by atoms with van der Waals surface area (Å²) in [6.45, 7) is 2.57. The van der Waals surface area contributed by atoms with Gasteiger partial charge in [-0.25, -0.2) is 0 Å². The highest BCUT2D eigenvalue weighted by Crippen LogP contribution is 2.32. The first-order valence-electron chi connectivity index (χ1n) is 12.7. The van der Waals surface area contributed by atoms with Crippen molar-refractivity contribution >= 4 is 46.6 Å². The first-order valence-corrected chi connectivity index (χ1v) is 13.5. The molecule has 1 aromatic carbocycles. The number of halogens is 2. The standard InChI is InChI=1S/C25H33Cl2N5O3/c26-18-3-1-2-17-23(18)29-21(30-25(17)35)8-9-22(33)32-12-10-31(11-13-32)20-7-4-15(14-19(20)27)24(34)28-16-5-6-16/h4,7,14,16-18,21,23,29H,1-3,5-6,8-13H2,(H,28,34)(H,30,35). The van der Waals surface area contributed by atoms with E-state index < -0.39 is 0 Å². The van der Waals surface area contributed by atoms with E-state index in [4.69, 9.17) is 23.2 Å². The number of carbonyl (C=O) groups excluding carboxylic acids is 3. The third-order valence-corrected chi connectivity index (χ3v) is 8.40. The van der Waals surface area contributed by atoms with Crippen molar-refractivity contribution in [2.45, 2.75) is 68.6 Å². The highest BCUT2D eigenvalue weighted by atomic mass is 35.5. The normalized spacial score (nSPS) is 28.8. The molecule has 2 aliphatic heterocycles. The Bertz CT molecular complexity index is 980. The highest BCUT2D eigenvalue weighted by Gasteiger charge is 2.41. The summed E-state index contributed by atoms with van der Waals surface area (Å²) in [7, 11) is 0. The summed E-state index contributed by atoms with van der Waals surface area (Å²) in [5, 5.41) is 9.98. The molecule has 190 valence electrons. The van der Waals surface area contributed by atoms with Gasteiger partial charge in [0.2, 0.25) is 11.8 Å². The Morgan fingerprint density at radius 1 is 1.09 bits per heavy atom. The van der Waals surface area contributed by atoms with Crippen LogP contribution in [-0.2, 0) is 9.59 Å². The lowest BCUT2D eigenvalue weighted by atomic mass is 9.81. The van der Waals surface area contributed by atoms with Crippen LogP contribution in [0.5, 0.6) is 0 Å². The molecule has 10 heteroatoms. The molecule has 0 bridgehead atoms. The van der Waals surface area contributed by atoms with Crippen molar-refractivity contribution in [1.29, 1.82) is 0 Å². The van der Waals surface area contributed by atoms with Crippen molar-refractivity contribution in [2.75, 3.05) is 31.1 Å². The van der Waals surface area contributed by atoms with E-state index in [1.165, 1.54) is 0 Å². The predicted octanol–water partition coefficient (Wildman–Crippen LogP) is 2.48. The monoisotopic (exact) mass is 521 g/mol. The molecule has 4 fully saturated rings. The van der Waals surface area contributed by atoms with Crippen molar-refractivity contribution in [1.82, 2.24) is 20.9 Å². The van der Waals surface area contributed by atoms with Gasteiger partial charge in [0.15, 0.2) is 0 Å². The van der Waals surface area contributed by atoms with Crippen LogP contribution in [0.4, 0.5) is 5.69 Å². The number of amides is 3. The summed E-state index contributed by atoms with van der Waals surface area (Å²) in [5.74, 6) is -0.00880. The highest BCUT2D eigenvalue weighted by molar-refractivity contribution is 6.33. The molecule has 2 saturated heterocycles. The molecule has 2 heterocycles. The number of piperazine rings is 1. The van der Waals surface area contributed by atoms with Gasteiger partial charge in [-0.15, -0.1) is 11.6 Å². The number of nitrogens with one attached hydrogen (secondary N) is 3. The third kappa shape index (κ3) is 5.70. The fourth-order valence-corrected chi connectivity index (χ4v) is 6.09. The Labute approximate surface area is 216 Å². The number of benzene rings is 1. The SMILES string of the molecule is O=C(NC1CC1)c1ccc(N2CCN(C(=O)CCC3NC(=O)C4CCCC(Cl)C4N3)CC2)c(Cl)c1. The average Bonchev–Trinajstić information content (AvgIpc) is 3.67. The van der Waals surface area contributed by atoms with Crippen molar-refractivity contribution in [2.24, 2.45) is 5.92 Å². The Balaban J connectivity index is 1.09. The second kappa shape index (κ2) is 10.5. The van der Waals surface area contributed by atoms with E-state index in [0.29, 0.717) is 55.6 Å². The molecule has 2 aliphatic carbocycles. The molecular weight excluding hydrogens is 489 g/mol. The number of anilines is 1. The zero-order chi connectivity index (χ0) is 24.5. The molecule has 3 N–H and O–H groups in total. The Hall–Kier alpha value is -2.03. The fraction of sp³-hybridized carbons (Fsp3) is 0.640. The lowest BCUT2D eigenvalue weighted by Gasteiger charge is -2.42. The van der Waals surface area contributed by atoms with Crippen LogP contribution in [0.2, 0.25) is 5.02 Å². The zero-order valence-electron chi connectivity index (χ0n) is 19.8. The summed E-state index contributed by atoms with van der Waals surface area (Å²) in [4.78, 5) is 41.7. The minimum atomic E-state index is -0.220. The molecule has 4 atom stereocenters. The molecule has 3 amide bonds. The van der Waals surface area contributed by atoms with E-state index in [1.807, 2.05) is 17.0 Å². The van der Waals surface area contributed by atoms with Gasteiger partial charge in [0.1, 0.15) is 0 Å². The Morgan fingerprint density at radius 2 is 1.86 bits per heavy atom. The van der Waals surface area contributed by atoms with E-state index >= 15 is 0 Å². The number of hydrogen-bond acceptors (Lipinski definition) is 5. The largest absolute Gasteiger partial charge is 0.367 e. The van der Waals surface area contributed by atoms with E-state index in [9.17, 15) is 14.4 Å². The molecule has 4 unspecified atom stereocenters. The summed E-state index contributed by atoms with van der Waals surface area (Å²) in [6, 6.07) is 5.71. The summed E-state index contributed by atoms with van der Waals surface area (Å²) >= 11 is 13.0. The molecule has 2 saturated carbocycles. The quantitative estimate of drug-likeness (QED) is 0.500. The second-order valence-electron chi connectivity index (χ2n) is 10.1. The van der Waals surface area contributed by atoms with Crippen LogP contribution in [0, 0.1) is 5.92 Å². The van der Waals surface area contributed by atoms with Crippen LogP contribution in [0.15, 0.2) is 18.2 Å². The van der Waals surface area contributed by atoms with Crippen LogP contribution in [0.1, 0.15) is 55.3 Å². The first-order chi connectivity index (χ1) is 16.9. The molecule has 0 aromatic heterocycles. The Morgan fingerprint density at radius 3 is 2.57 bits per heavy atom. The zero-order valence-corrected chi connectivity index (χ0v) is 21.3. The average molecular weight is 522 g/mol. The van der Waals surface area contributed by atoms with E-state index in [1.54, 1.807) is 6.07 Å². The minimum Gasteiger partial charge on any atom is -0.367 e. The lowest BCUT2D eigenvalue weighted by Crippen LogP contribution is -2.65. The van der Waals surface area contributed by atoms with Gasteiger partial charge in [-0.3, -0.25) is 19.7 Å². The van der Waals surface area contributed by atoms with Gasteiger partial charge >= 0.3 is 0 Å². The van der Waals surface area contributed by atoms with E-state index in [0.717, 1.165) is 37.8 Å². The smallest absolute Gasteiger partial charge is 0.251 e. The van der Waals surface area contributed by atoms with Gasteiger partial charge in [-0.2, -0.15) is 0 Å². The van der Waals surface area contributed by atoms with Gasteiger partial charge in [-0.05, 0) is 50.3 Å². The van der Waals surface area contributed by atoms with Crippen LogP contribution in [0.3, 0.4) is 0 Å². The van der Waals surface area contributed by atoms with Gasteiger partial charge in [0.25, 0.3) is 5.91 Å². The molecule has 0 radical (unpaired) electrons. The van der Waals surface area contributed by atoms with Gasteiger partial charge < -0.3 is 20.4 Å².